The van der Waals surface area contributed by atoms with Gasteiger partial charge in [0.15, 0.2) is 0 Å². The molecule has 0 amide bonds. The number of nitriles is 2. The predicted octanol–water partition coefficient (Wildman–Crippen LogP) is 1.77. The summed E-state index contributed by atoms with van der Waals surface area (Å²) in [6, 6.07) is 8.97. The first-order valence-corrected chi connectivity index (χ1v) is 4.23. The van der Waals surface area contributed by atoms with Gasteiger partial charge in [-0.2, -0.15) is 10.5 Å². The van der Waals surface area contributed by atoms with Crippen molar-refractivity contribution < 1.29 is 9.18 Å². The van der Waals surface area contributed by atoms with Crippen molar-refractivity contribution in [3.8, 4) is 12.1 Å². The molecule has 3 nitrogen and oxygen atoms in total. The van der Waals surface area contributed by atoms with Crippen LogP contribution in [0.1, 0.15) is 11.5 Å². The van der Waals surface area contributed by atoms with Crippen LogP contribution >= 0.6 is 0 Å². The molecule has 0 N–H and O–H groups in total. The van der Waals surface area contributed by atoms with Crippen LogP contribution in [-0.2, 0) is 4.79 Å². The van der Waals surface area contributed by atoms with E-state index in [1.807, 2.05) is 0 Å². The minimum atomic E-state index is -1.15. The summed E-state index contributed by atoms with van der Waals surface area (Å²) >= 11 is 0. The summed E-state index contributed by atoms with van der Waals surface area (Å²) < 4.78 is 13.3. The Balaban J connectivity index is 3.15. The van der Waals surface area contributed by atoms with Crippen molar-refractivity contribution in [2.45, 2.75) is 5.92 Å². The number of hydrogen-bond acceptors (Lipinski definition) is 3. The molecule has 1 aromatic rings. The summed E-state index contributed by atoms with van der Waals surface area (Å²) in [5.41, 5.74) is 0.0839. The van der Waals surface area contributed by atoms with E-state index < -0.39 is 17.7 Å². The normalized spacial score (nSPS) is 11.5. The van der Waals surface area contributed by atoms with E-state index in [9.17, 15) is 9.18 Å². The molecule has 1 aromatic carbocycles. The van der Waals surface area contributed by atoms with Gasteiger partial charge in [-0.3, -0.25) is 0 Å². The molecule has 0 aliphatic rings. The zero-order chi connectivity index (χ0) is 11.3. The molecule has 74 valence electrons. The van der Waals surface area contributed by atoms with Crippen molar-refractivity contribution >= 4 is 6.29 Å². The minimum Gasteiger partial charge on any atom is -0.303 e. The van der Waals surface area contributed by atoms with E-state index in [0.29, 0.717) is 6.29 Å². The Morgan fingerprint density at radius 2 is 1.87 bits per heavy atom. The Kier molecular flexibility index (Phi) is 3.54. The van der Waals surface area contributed by atoms with E-state index in [0.717, 1.165) is 0 Å². The second kappa shape index (κ2) is 4.88. The number of halogens is 1. The monoisotopic (exact) mass is 202 g/mol. The maximum atomic E-state index is 13.3. The minimum absolute atomic E-state index is 0.0839. The van der Waals surface area contributed by atoms with Crippen LogP contribution in [0.25, 0.3) is 0 Å². The molecule has 0 aromatic heterocycles. The number of aldehydes is 1. The second-order valence-electron chi connectivity index (χ2n) is 2.92. The third-order valence-electron chi connectivity index (χ3n) is 2.05. The Morgan fingerprint density at radius 3 is 2.33 bits per heavy atom. The lowest BCUT2D eigenvalue weighted by Crippen LogP contribution is -2.12. The summed E-state index contributed by atoms with van der Waals surface area (Å²) in [7, 11) is 0. The van der Waals surface area contributed by atoms with Crippen LogP contribution in [-0.4, -0.2) is 6.29 Å². The lowest BCUT2D eigenvalue weighted by Gasteiger charge is -2.10. The second-order valence-corrected chi connectivity index (χ2v) is 2.92. The van der Waals surface area contributed by atoms with Gasteiger partial charge in [-0.1, -0.05) is 18.2 Å². The summed E-state index contributed by atoms with van der Waals surface area (Å²) in [4.78, 5) is 10.7. The maximum Gasteiger partial charge on any atom is 0.146 e. The lowest BCUT2D eigenvalue weighted by molar-refractivity contribution is -0.109. The zero-order valence-corrected chi connectivity index (χ0v) is 7.72. The number of nitrogens with zero attached hydrogens (tertiary/aromatic N) is 2. The van der Waals surface area contributed by atoms with Gasteiger partial charge in [0, 0.05) is 5.56 Å². The molecular weight excluding hydrogens is 195 g/mol. The van der Waals surface area contributed by atoms with E-state index in [-0.39, 0.29) is 5.56 Å². The van der Waals surface area contributed by atoms with E-state index in [1.165, 1.54) is 18.2 Å². The highest BCUT2D eigenvalue weighted by molar-refractivity contribution is 5.64. The van der Waals surface area contributed by atoms with Gasteiger partial charge in [-0.05, 0) is 6.07 Å². The van der Waals surface area contributed by atoms with Gasteiger partial charge >= 0.3 is 0 Å². The number of rotatable bonds is 3. The van der Waals surface area contributed by atoms with Crippen molar-refractivity contribution in [2.75, 3.05) is 0 Å². The van der Waals surface area contributed by atoms with Crippen LogP contribution in [0.4, 0.5) is 4.39 Å². The average Bonchev–Trinajstić information content (AvgIpc) is 2.27. The molecule has 0 saturated carbocycles. The van der Waals surface area contributed by atoms with Crippen molar-refractivity contribution in [2.24, 2.45) is 5.92 Å². The third-order valence-corrected chi connectivity index (χ3v) is 2.05. The molecule has 15 heavy (non-hydrogen) atoms. The number of carbonyl (C=O) groups excluding carboxylic acids is 1. The summed E-state index contributed by atoms with van der Waals surface area (Å²) in [6.07, 6.45) is 0.426. The quantitative estimate of drug-likeness (QED) is 0.701. The topological polar surface area (TPSA) is 64.7 Å². The first kappa shape index (κ1) is 10.9. The molecule has 4 heteroatoms. The molecule has 0 fully saturated rings. The summed E-state index contributed by atoms with van der Waals surface area (Å²) in [6.45, 7) is 0. The van der Waals surface area contributed by atoms with Crippen LogP contribution in [0.2, 0.25) is 0 Å². The van der Waals surface area contributed by atoms with E-state index >= 15 is 0 Å². The Morgan fingerprint density at radius 1 is 1.27 bits per heavy atom. The molecule has 1 unspecified atom stereocenters. The number of carbonyl (C=O) groups is 1. The van der Waals surface area contributed by atoms with Gasteiger partial charge in [0.2, 0.25) is 0 Å². The van der Waals surface area contributed by atoms with Gasteiger partial charge < -0.3 is 4.79 Å². The van der Waals surface area contributed by atoms with E-state index in [4.69, 9.17) is 10.5 Å². The fourth-order valence-corrected chi connectivity index (χ4v) is 1.27. The van der Waals surface area contributed by atoms with Gasteiger partial charge in [0.05, 0.1) is 18.1 Å². The highest BCUT2D eigenvalue weighted by Crippen LogP contribution is 2.24. The van der Waals surface area contributed by atoms with Crippen LogP contribution in [0.15, 0.2) is 24.3 Å². The molecule has 0 saturated heterocycles. The standard InChI is InChI=1S/C11H7FN2O/c12-11-4-2-1-3-9(11)10(7-15)8(5-13)6-14/h1-4,7-8,10H. The van der Waals surface area contributed by atoms with Gasteiger partial charge in [-0.25, -0.2) is 4.39 Å². The van der Waals surface area contributed by atoms with Gasteiger partial charge in [0.25, 0.3) is 0 Å². The highest BCUT2D eigenvalue weighted by Gasteiger charge is 2.24. The molecule has 0 aliphatic heterocycles. The first-order chi connectivity index (χ1) is 7.24. The number of benzene rings is 1. The van der Waals surface area contributed by atoms with Crippen LogP contribution in [0.5, 0.6) is 0 Å². The van der Waals surface area contributed by atoms with Crippen molar-refractivity contribution in [3.05, 3.63) is 35.6 Å². The zero-order valence-electron chi connectivity index (χ0n) is 7.72. The van der Waals surface area contributed by atoms with Gasteiger partial charge in [0.1, 0.15) is 18.0 Å². The lowest BCUT2D eigenvalue weighted by atomic mass is 9.89. The fourth-order valence-electron chi connectivity index (χ4n) is 1.27. The largest absolute Gasteiger partial charge is 0.303 e. The fraction of sp³-hybridized carbons (Fsp3) is 0.182. The van der Waals surface area contributed by atoms with Crippen molar-refractivity contribution in [1.29, 1.82) is 10.5 Å². The molecule has 1 atom stereocenters. The number of hydrogen-bond donors (Lipinski definition) is 0. The SMILES string of the molecule is N#CC(C#N)C(C=O)c1ccccc1F. The third kappa shape index (κ3) is 2.18. The highest BCUT2D eigenvalue weighted by atomic mass is 19.1. The molecule has 0 spiro atoms. The average molecular weight is 202 g/mol. The van der Waals surface area contributed by atoms with Gasteiger partial charge in [-0.15, -0.1) is 0 Å². The maximum absolute atomic E-state index is 13.3. The van der Waals surface area contributed by atoms with Crippen molar-refractivity contribution in [1.82, 2.24) is 0 Å². The Labute approximate surface area is 86.4 Å². The van der Waals surface area contributed by atoms with E-state index in [2.05, 4.69) is 0 Å². The van der Waals surface area contributed by atoms with Crippen LogP contribution < -0.4 is 0 Å². The van der Waals surface area contributed by atoms with Crippen molar-refractivity contribution in [3.63, 3.8) is 0 Å². The molecule has 0 heterocycles. The molecule has 0 radical (unpaired) electrons. The Hall–Kier alpha value is -2.20. The summed E-state index contributed by atoms with van der Waals surface area (Å²) in [5.74, 6) is -2.76. The smallest absolute Gasteiger partial charge is 0.146 e. The van der Waals surface area contributed by atoms with E-state index in [1.54, 1.807) is 18.2 Å². The Bertz CT molecular complexity index is 431. The molecule has 0 bridgehead atoms. The molecule has 1 rings (SSSR count). The molecule has 0 aliphatic carbocycles. The first-order valence-electron chi connectivity index (χ1n) is 4.23. The molecular formula is C11H7FN2O. The van der Waals surface area contributed by atoms with Crippen LogP contribution in [0.3, 0.4) is 0 Å². The predicted molar refractivity (Wildman–Crippen MR) is 49.9 cm³/mol. The summed E-state index contributed by atoms with van der Waals surface area (Å²) in [5, 5.41) is 17.3. The van der Waals surface area contributed by atoms with Crippen LogP contribution in [0, 0.1) is 34.4 Å².